The molecule has 0 aliphatic carbocycles. The van der Waals surface area contributed by atoms with Gasteiger partial charge >= 0.3 is 6.09 Å². The number of hydrogen-bond donors (Lipinski definition) is 3. The largest absolute Gasteiger partial charge is 0.450 e. The van der Waals surface area contributed by atoms with Crippen molar-refractivity contribution in [3.05, 3.63) is 29.8 Å². The third-order valence-corrected chi connectivity index (χ3v) is 5.38. The molecule has 1 heterocycles. The van der Waals surface area contributed by atoms with Crippen molar-refractivity contribution in [2.24, 2.45) is 10.9 Å². The van der Waals surface area contributed by atoms with Crippen LogP contribution in [0, 0.1) is 5.92 Å². The fraction of sp³-hybridized carbons (Fsp3) is 0.609. The van der Waals surface area contributed by atoms with Crippen molar-refractivity contribution in [2.45, 2.75) is 59.5 Å². The Balaban J connectivity index is 1.92. The van der Waals surface area contributed by atoms with Crippen molar-refractivity contribution in [2.75, 3.05) is 31.6 Å². The number of carbonyl (C=O) groups excluding carboxylic acids is 2. The highest BCUT2D eigenvalue weighted by Crippen LogP contribution is 2.14. The molecular formula is C23H37N5O3. The molecule has 0 radical (unpaired) electrons. The number of anilines is 1. The molecule has 1 aliphatic rings. The van der Waals surface area contributed by atoms with Crippen LogP contribution >= 0.6 is 0 Å². The predicted octanol–water partition coefficient (Wildman–Crippen LogP) is 3.35. The van der Waals surface area contributed by atoms with E-state index in [-0.39, 0.29) is 24.0 Å². The van der Waals surface area contributed by atoms with Crippen molar-refractivity contribution in [3.63, 3.8) is 0 Å². The lowest BCUT2D eigenvalue weighted by molar-refractivity contribution is -0.119. The normalized spacial score (nSPS) is 15.9. The molecule has 8 heteroatoms. The first-order valence-electron chi connectivity index (χ1n) is 11.3. The molecule has 1 aromatic rings. The third kappa shape index (κ3) is 8.11. The number of nitrogens with one attached hydrogen (secondary N) is 3. The van der Waals surface area contributed by atoms with Crippen LogP contribution in [0.3, 0.4) is 0 Å². The van der Waals surface area contributed by atoms with E-state index in [1.807, 2.05) is 52.0 Å². The van der Waals surface area contributed by atoms with Gasteiger partial charge in [0.1, 0.15) is 0 Å². The predicted molar refractivity (Wildman–Crippen MR) is 124 cm³/mol. The van der Waals surface area contributed by atoms with Crippen molar-refractivity contribution in [3.8, 4) is 0 Å². The van der Waals surface area contributed by atoms with Crippen molar-refractivity contribution in [1.29, 1.82) is 0 Å². The summed E-state index contributed by atoms with van der Waals surface area (Å²) >= 11 is 0. The molecule has 8 nitrogen and oxygen atoms in total. The Morgan fingerprint density at radius 1 is 1.23 bits per heavy atom. The minimum atomic E-state index is -0.234. The van der Waals surface area contributed by atoms with Gasteiger partial charge in [-0.3, -0.25) is 4.79 Å². The van der Waals surface area contributed by atoms with Gasteiger partial charge in [-0.1, -0.05) is 26.0 Å². The van der Waals surface area contributed by atoms with Gasteiger partial charge in [-0.25, -0.2) is 9.79 Å². The van der Waals surface area contributed by atoms with E-state index in [4.69, 9.17) is 9.73 Å². The summed E-state index contributed by atoms with van der Waals surface area (Å²) in [5, 5.41) is 9.74. The molecule has 172 valence electrons. The maximum absolute atomic E-state index is 12.1. The van der Waals surface area contributed by atoms with Gasteiger partial charge in [-0.2, -0.15) is 0 Å². The number of likely N-dealkylation sites (tertiary alicyclic amines) is 1. The third-order valence-electron chi connectivity index (χ3n) is 5.38. The summed E-state index contributed by atoms with van der Waals surface area (Å²) < 4.78 is 5.08. The van der Waals surface area contributed by atoms with Gasteiger partial charge in [0.2, 0.25) is 5.91 Å². The standard InChI is InChI=1S/C23H37N5O3/c1-5-17(4)21(29)26-20-10-8-9-18(15-20)16-25-22(24-6-2)27-19-11-13-28(14-12-19)23(30)31-7-3/h8-10,15,17,19H,5-7,11-14,16H2,1-4H3,(H,26,29)(H2,24,25,27). The zero-order valence-corrected chi connectivity index (χ0v) is 19.2. The van der Waals surface area contributed by atoms with Crippen LogP contribution in [-0.4, -0.2) is 55.1 Å². The summed E-state index contributed by atoms with van der Waals surface area (Å²) in [7, 11) is 0. The van der Waals surface area contributed by atoms with Crippen LogP contribution in [0.4, 0.5) is 10.5 Å². The first kappa shape index (κ1) is 24.5. The molecule has 0 saturated carbocycles. The van der Waals surface area contributed by atoms with Crippen molar-refractivity contribution < 1.29 is 14.3 Å². The summed E-state index contributed by atoms with van der Waals surface area (Å²) in [5.41, 5.74) is 1.82. The maximum atomic E-state index is 12.1. The number of ether oxygens (including phenoxy) is 1. The number of nitrogens with zero attached hydrogens (tertiary/aromatic N) is 2. The Kier molecular flexibility index (Phi) is 10.1. The Morgan fingerprint density at radius 2 is 1.97 bits per heavy atom. The van der Waals surface area contributed by atoms with Crippen molar-refractivity contribution in [1.82, 2.24) is 15.5 Å². The maximum Gasteiger partial charge on any atom is 0.409 e. The second kappa shape index (κ2) is 12.8. The lowest BCUT2D eigenvalue weighted by atomic mass is 10.1. The topological polar surface area (TPSA) is 95.1 Å². The number of hydrogen-bond acceptors (Lipinski definition) is 4. The zero-order chi connectivity index (χ0) is 22.6. The quantitative estimate of drug-likeness (QED) is 0.433. The number of amides is 2. The van der Waals surface area contributed by atoms with E-state index < -0.39 is 0 Å². The first-order chi connectivity index (χ1) is 15.0. The van der Waals surface area contributed by atoms with E-state index in [1.165, 1.54) is 0 Å². The Labute approximate surface area is 185 Å². The van der Waals surface area contributed by atoms with Crippen LogP contribution in [-0.2, 0) is 16.1 Å². The Bertz CT molecular complexity index is 744. The zero-order valence-electron chi connectivity index (χ0n) is 19.2. The SMILES string of the molecule is CCNC(=NCc1cccc(NC(=O)C(C)CC)c1)NC1CCN(C(=O)OCC)CC1. The molecule has 0 spiro atoms. The van der Waals surface area contributed by atoms with Gasteiger partial charge < -0.3 is 25.6 Å². The van der Waals surface area contributed by atoms with Crippen molar-refractivity contribution >= 4 is 23.6 Å². The molecular weight excluding hydrogens is 394 g/mol. The van der Waals surface area contributed by atoms with Crippen LogP contribution in [0.5, 0.6) is 0 Å². The molecule has 1 atom stereocenters. The smallest absolute Gasteiger partial charge is 0.409 e. The van der Waals surface area contributed by atoms with Gasteiger partial charge in [0, 0.05) is 37.3 Å². The van der Waals surface area contributed by atoms with E-state index in [0.717, 1.165) is 43.0 Å². The molecule has 2 amide bonds. The van der Waals surface area contributed by atoms with Gasteiger partial charge in [0.25, 0.3) is 0 Å². The van der Waals surface area contributed by atoms with Gasteiger partial charge in [0.05, 0.1) is 13.2 Å². The summed E-state index contributed by atoms with van der Waals surface area (Å²) in [4.78, 5) is 30.5. The molecule has 1 aliphatic heterocycles. The lowest BCUT2D eigenvalue weighted by Gasteiger charge is -2.32. The second-order valence-corrected chi connectivity index (χ2v) is 7.80. The fourth-order valence-corrected chi connectivity index (χ4v) is 3.30. The molecule has 0 bridgehead atoms. The number of aliphatic imine (C=N–C) groups is 1. The molecule has 31 heavy (non-hydrogen) atoms. The van der Waals surface area contributed by atoms with E-state index >= 15 is 0 Å². The van der Waals surface area contributed by atoms with Crippen LogP contribution in [0.2, 0.25) is 0 Å². The highest BCUT2D eigenvalue weighted by atomic mass is 16.6. The highest BCUT2D eigenvalue weighted by molar-refractivity contribution is 5.92. The lowest BCUT2D eigenvalue weighted by Crippen LogP contribution is -2.49. The first-order valence-corrected chi connectivity index (χ1v) is 11.3. The molecule has 1 saturated heterocycles. The molecule has 0 aromatic heterocycles. The second-order valence-electron chi connectivity index (χ2n) is 7.80. The average molecular weight is 432 g/mol. The number of carbonyl (C=O) groups is 2. The fourth-order valence-electron chi connectivity index (χ4n) is 3.30. The number of guanidine groups is 1. The number of rotatable bonds is 8. The van der Waals surface area contributed by atoms with Gasteiger partial charge in [-0.15, -0.1) is 0 Å². The van der Waals surface area contributed by atoms with Crippen LogP contribution in [0.1, 0.15) is 52.5 Å². The Hall–Kier alpha value is -2.77. The molecule has 1 fully saturated rings. The summed E-state index contributed by atoms with van der Waals surface area (Å²) in [5.74, 6) is 0.778. The van der Waals surface area contributed by atoms with Crippen LogP contribution in [0.15, 0.2) is 29.3 Å². The minimum absolute atomic E-state index is 0.0125. The number of piperidine rings is 1. The minimum Gasteiger partial charge on any atom is -0.450 e. The monoisotopic (exact) mass is 431 g/mol. The Morgan fingerprint density at radius 3 is 2.61 bits per heavy atom. The molecule has 2 rings (SSSR count). The van der Waals surface area contributed by atoms with E-state index in [0.29, 0.717) is 26.2 Å². The average Bonchev–Trinajstić information content (AvgIpc) is 2.78. The summed E-state index contributed by atoms with van der Waals surface area (Å²) in [6.45, 7) is 10.8. The van der Waals surface area contributed by atoms with Crippen LogP contribution < -0.4 is 16.0 Å². The van der Waals surface area contributed by atoms with E-state index in [9.17, 15) is 9.59 Å². The van der Waals surface area contributed by atoms with Gasteiger partial charge in [-0.05, 0) is 50.8 Å². The highest BCUT2D eigenvalue weighted by Gasteiger charge is 2.24. The molecule has 3 N–H and O–H groups in total. The van der Waals surface area contributed by atoms with Gasteiger partial charge in [0.15, 0.2) is 5.96 Å². The number of benzene rings is 1. The van der Waals surface area contributed by atoms with E-state index in [2.05, 4.69) is 16.0 Å². The summed E-state index contributed by atoms with van der Waals surface area (Å²) in [6, 6.07) is 8.05. The van der Waals surface area contributed by atoms with Crippen LogP contribution in [0.25, 0.3) is 0 Å². The summed E-state index contributed by atoms with van der Waals surface area (Å²) in [6.07, 6.45) is 2.27. The molecule has 1 unspecified atom stereocenters. The van der Waals surface area contributed by atoms with E-state index in [1.54, 1.807) is 4.90 Å². The molecule has 1 aromatic carbocycles.